The Bertz CT molecular complexity index is 216. The Morgan fingerprint density at radius 2 is 0.833 bits per heavy atom. The van der Waals surface area contributed by atoms with E-state index >= 15 is 0 Å². The zero-order valence-electron chi connectivity index (χ0n) is 12.8. The van der Waals surface area contributed by atoms with Crippen LogP contribution in [0.25, 0.3) is 0 Å². The van der Waals surface area contributed by atoms with Crippen molar-refractivity contribution in [1.82, 2.24) is 0 Å². The topological polar surface area (TPSA) is 27.7 Å². The molecule has 0 bridgehead atoms. The second kappa shape index (κ2) is 6.24. The third-order valence-electron chi connectivity index (χ3n) is 4.44. The summed E-state index contributed by atoms with van der Waals surface area (Å²) in [4.78, 5) is 17.8. The highest BCUT2D eigenvalue weighted by molar-refractivity contribution is 6.46. The molecule has 108 valence electrons. The van der Waals surface area contributed by atoms with Gasteiger partial charge in [-0.2, -0.15) is 0 Å². The van der Waals surface area contributed by atoms with Gasteiger partial charge in [0.25, 0.3) is 0 Å². The van der Waals surface area contributed by atoms with Gasteiger partial charge in [0.05, 0.1) is 41.0 Å². The average Bonchev–Trinajstić information content (AvgIpc) is 2.46. The van der Waals surface area contributed by atoms with E-state index in [0.717, 1.165) is 31.6 Å². The van der Waals surface area contributed by atoms with Crippen molar-refractivity contribution >= 4 is 29.5 Å². The SMILES string of the molecule is CC[N+]1(OC)[SiH2][N+](CC)(OC)[SiH2][N+](CC)(OC)[SiH2]1. The highest BCUT2D eigenvalue weighted by Gasteiger charge is 2.61. The molecule has 1 fully saturated rings. The molecular weight excluding hydrogens is 282 g/mol. The van der Waals surface area contributed by atoms with Crippen molar-refractivity contribution in [2.45, 2.75) is 20.8 Å². The summed E-state index contributed by atoms with van der Waals surface area (Å²) in [6.07, 6.45) is 0. The first-order chi connectivity index (χ1) is 8.49. The summed E-state index contributed by atoms with van der Waals surface area (Å²) in [6, 6.07) is 0. The quantitative estimate of drug-likeness (QED) is 0.541. The molecule has 18 heavy (non-hydrogen) atoms. The summed E-state index contributed by atoms with van der Waals surface area (Å²) in [7, 11) is 4.05. The second-order valence-corrected chi connectivity index (χ2v) is 15.5. The van der Waals surface area contributed by atoms with Crippen molar-refractivity contribution in [3.63, 3.8) is 0 Å². The molecule has 0 radical (unpaired) electrons. The standard InChI is InChI=1S/C9H30N3O3Si3/c1-7-10(13-4)16-11(8-2,14-5)18-12(9-3,15-6)17-10/h7-9,16-18H2,1-6H3/q+3. The smallest absolute Gasteiger partial charge is 0.235 e. The number of hydrogen-bond acceptors (Lipinski definition) is 3. The minimum Gasteiger partial charge on any atom is -0.235 e. The zero-order chi connectivity index (χ0) is 13.9. The van der Waals surface area contributed by atoms with Gasteiger partial charge in [0, 0.05) is 0 Å². The van der Waals surface area contributed by atoms with Gasteiger partial charge in [0.15, 0.2) is 0 Å². The lowest BCUT2D eigenvalue weighted by atomic mass is 10.8. The van der Waals surface area contributed by atoms with E-state index in [1.165, 1.54) is 0 Å². The van der Waals surface area contributed by atoms with Gasteiger partial charge >= 0.3 is 29.5 Å². The van der Waals surface area contributed by atoms with E-state index < -0.39 is 29.5 Å². The van der Waals surface area contributed by atoms with Crippen molar-refractivity contribution in [3.05, 3.63) is 0 Å². The summed E-state index contributed by atoms with van der Waals surface area (Å²) in [5, 5.41) is 0. The normalized spacial score (nSPS) is 45.0. The Morgan fingerprint density at radius 3 is 0.944 bits per heavy atom. The van der Waals surface area contributed by atoms with Crippen LogP contribution in [-0.2, 0) is 14.5 Å². The molecule has 0 aromatic carbocycles. The van der Waals surface area contributed by atoms with E-state index in [0.29, 0.717) is 0 Å². The van der Waals surface area contributed by atoms with E-state index in [1.807, 2.05) is 21.3 Å². The van der Waals surface area contributed by atoms with Crippen LogP contribution in [0.15, 0.2) is 0 Å². The summed E-state index contributed by atoms with van der Waals surface area (Å²) >= 11 is 0. The minimum absolute atomic E-state index is 0.506. The first-order valence-corrected chi connectivity index (χ1v) is 10.5. The molecule has 0 spiro atoms. The highest BCUT2D eigenvalue weighted by atomic mass is 28.4. The molecule has 0 aromatic heterocycles. The van der Waals surface area contributed by atoms with Crippen molar-refractivity contribution < 1.29 is 26.4 Å². The second-order valence-electron chi connectivity index (χ2n) is 5.10. The van der Waals surface area contributed by atoms with Crippen LogP contribution in [0, 0.1) is 0 Å². The molecule has 1 aliphatic rings. The first kappa shape index (κ1) is 16.5. The summed E-state index contributed by atoms with van der Waals surface area (Å²) in [6.45, 7) is 9.85. The minimum atomic E-state index is -0.506. The van der Waals surface area contributed by atoms with Gasteiger partial charge in [-0.1, -0.05) is 0 Å². The molecule has 0 amide bonds. The summed E-state index contributed by atoms with van der Waals surface area (Å²) in [5.41, 5.74) is 0. The molecule has 1 heterocycles. The lowest BCUT2D eigenvalue weighted by Crippen LogP contribution is -2.83. The Balaban J connectivity index is 3.13. The maximum atomic E-state index is 5.94. The molecule has 0 unspecified atom stereocenters. The van der Waals surface area contributed by atoms with Crippen LogP contribution in [0.5, 0.6) is 0 Å². The van der Waals surface area contributed by atoms with Gasteiger partial charge < -0.3 is 0 Å². The van der Waals surface area contributed by atoms with Crippen LogP contribution in [0.3, 0.4) is 0 Å². The number of nitrogens with zero attached hydrogens (tertiary/aromatic N) is 3. The average molecular weight is 313 g/mol. The lowest BCUT2D eigenvalue weighted by Gasteiger charge is -2.51. The van der Waals surface area contributed by atoms with Gasteiger partial charge in [-0.25, -0.2) is 26.4 Å². The molecule has 0 N–H and O–H groups in total. The van der Waals surface area contributed by atoms with Crippen molar-refractivity contribution in [3.8, 4) is 0 Å². The van der Waals surface area contributed by atoms with Crippen LogP contribution in [0.4, 0.5) is 0 Å². The number of hydroxylamine groups is 3. The molecule has 6 nitrogen and oxygen atoms in total. The molecule has 0 atom stereocenters. The third kappa shape index (κ3) is 2.94. The maximum absolute atomic E-state index is 5.94. The van der Waals surface area contributed by atoms with Gasteiger partial charge in [-0.05, 0) is 20.8 Å². The van der Waals surface area contributed by atoms with Crippen molar-refractivity contribution in [2.75, 3.05) is 41.0 Å². The van der Waals surface area contributed by atoms with E-state index in [1.54, 1.807) is 0 Å². The monoisotopic (exact) mass is 312 g/mol. The van der Waals surface area contributed by atoms with E-state index in [4.69, 9.17) is 14.5 Å². The summed E-state index contributed by atoms with van der Waals surface area (Å²) < 4.78 is 2.61. The third-order valence-corrected chi connectivity index (χ3v) is 15.4. The number of rotatable bonds is 6. The molecule has 9 heteroatoms. The molecule has 0 saturated carbocycles. The summed E-state index contributed by atoms with van der Waals surface area (Å²) in [5.74, 6) is 0. The number of hydrogen-bond donors (Lipinski definition) is 0. The first-order valence-electron chi connectivity index (χ1n) is 6.74. The van der Waals surface area contributed by atoms with Crippen molar-refractivity contribution in [1.29, 1.82) is 0 Å². The van der Waals surface area contributed by atoms with E-state index in [-0.39, 0.29) is 0 Å². The zero-order valence-corrected chi connectivity index (χ0v) is 17.1. The Labute approximate surface area is 118 Å². The van der Waals surface area contributed by atoms with Crippen LogP contribution >= 0.6 is 0 Å². The van der Waals surface area contributed by atoms with Crippen molar-refractivity contribution in [2.24, 2.45) is 0 Å². The largest absolute Gasteiger partial charge is 0.530 e. The van der Waals surface area contributed by atoms with E-state index in [2.05, 4.69) is 20.8 Å². The van der Waals surface area contributed by atoms with Crippen LogP contribution < -0.4 is 0 Å². The van der Waals surface area contributed by atoms with Gasteiger partial charge in [0.1, 0.15) is 0 Å². The van der Waals surface area contributed by atoms with Gasteiger partial charge in [0.2, 0.25) is 0 Å². The number of quaternary nitrogens is 3. The maximum Gasteiger partial charge on any atom is 0.530 e. The Kier molecular flexibility index (Phi) is 5.71. The molecule has 0 aromatic rings. The predicted octanol–water partition coefficient (Wildman–Crippen LogP) is -1.81. The van der Waals surface area contributed by atoms with Crippen LogP contribution in [-0.4, -0.2) is 82.4 Å². The van der Waals surface area contributed by atoms with Gasteiger partial charge in [-0.15, -0.1) is 0 Å². The lowest BCUT2D eigenvalue weighted by molar-refractivity contribution is -1.11. The molecule has 1 aliphatic heterocycles. The fraction of sp³-hybridized carbons (Fsp3) is 1.00. The molecular formula is C9H30N3O3Si3+3. The predicted molar refractivity (Wildman–Crippen MR) is 79.1 cm³/mol. The van der Waals surface area contributed by atoms with Crippen LogP contribution in [0.2, 0.25) is 0 Å². The van der Waals surface area contributed by atoms with E-state index in [9.17, 15) is 0 Å². The molecule has 1 saturated heterocycles. The van der Waals surface area contributed by atoms with Crippen LogP contribution in [0.1, 0.15) is 20.8 Å². The fourth-order valence-corrected chi connectivity index (χ4v) is 17.8. The molecule has 1 rings (SSSR count). The highest BCUT2D eigenvalue weighted by Crippen LogP contribution is 2.24. The fourth-order valence-electron chi connectivity index (χ4n) is 2.88. The molecule has 0 aliphatic carbocycles. The Morgan fingerprint density at radius 1 is 0.611 bits per heavy atom. The Hall–Kier alpha value is 0.411. The van der Waals surface area contributed by atoms with Gasteiger partial charge in [-0.3, -0.25) is 0 Å².